The van der Waals surface area contributed by atoms with Crippen molar-refractivity contribution in [1.29, 1.82) is 0 Å². The first-order valence-electron chi connectivity index (χ1n) is 45.0. The lowest BCUT2D eigenvalue weighted by atomic mass is 10.1. The van der Waals surface area contributed by atoms with Gasteiger partial charge in [0.05, 0.1) is 39.6 Å². The number of phenolic OH excluding ortho intramolecular Hbond substituents is 6. The second kappa shape index (κ2) is 65.3. The Bertz CT molecular complexity index is 4590. The Labute approximate surface area is 780 Å². The monoisotopic (exact) mass is 1770 g/mol. The molecule has 6 heterocycles. The van der Waals surface area contributed by atoms with Crippen LogP contribution in [-0.4, -0.2) is 100 Å². The lowest BCUT2D eigenvalue weighted by Gasteiger charge is -2.05. The smallest absolute Gasteiger partial charge is 0.122 e. The average molecular weight is 1770 g/mol. The van der Waals surface area contributed by atoms with E-state index in [-0.39, 0.29) is 34.5 Å². The number of nitrogens with zero attached hydrogens (tertiary/aromatic N) is 6. The molecule has 8 aromatic carbocycles. The van der Waals surface area contributed by atoms with Gasteiger partial charge in [0.25, 0.3) is 0 Å². The number of hydrogen-bond donors (Lipinski definition) is 6. The summed E-state index contributed by atoms with van der Waals surface area (Å²) in [7, 11) is 0. The molecular formula is C114H126N6O12. The highest BCUT2D eigenvalue weighted by molar-refractivity contribution is 5.74. The Morgan fingerprint density at radius 3 is 0.379 bits per heavy atom. The second-order valence-corrected chi connectivity index (χ2v) is 29.7. The normalized spacial score (nSPS) is 10.6. The summed E-state index contributed by atoms with van der Waals surface area (Å²) in [4.78, 5) is 24.0. The highest BCUT2D eigenvalue weighted by Crippen LogP contribution is 2.27. The SMILES string of the molecule is CCCCOc1ccc(/C=C/c2ccncc2)cc1.CCCCOc1ccc(/C=C/c2ccncc2)cc1.CCCCOc1ccc(/C=C/c2ccncc2)cc1.CCCCOc1ccc(/C=C/c2ccncc2)cc1.CCCCOc1ccc(/C=C/c2ccncc2)cc1.CCCCOc1ccc(/C=C/c2ccncc2)cc1.Oc1cc(O)cc(O)c1.Oc1cc(O)cc(O)c1. The van der Waals surface area contributed by atoms with Gasteiger partial charge < -0.3 is 59.1 Å². The van der Waals surface area contributed by atoms with Gasteiger partial charge in [0.2, 0.25) is 0 Å². The van der Waals surface area contributed by atoms with Crippen molar-refractivity contribution in [3.8, 4) is 69.0 Å². The van der Waals surface area contributed by atoms with Crippen LogP contribution in [0, 0.1) is 0 Å². The van der Waals surface area contributed by atoms with Crippen LogP contribution in [0.15, 0.2) is 329 Å². The summed E-state index contributed by atoms with van der Waals surface area (Å²) in [5.74, 6) is 4.76. The Morgan fingerprint density at radius 1 is 0.167 bits per heavy atom. The van der Waals surface area contributed by atoms with Crippen molar-refractivity contribution in [2.45, 2.75) is 119 Å². The molecule has 14 rings (SSSR count). The van der Waals surface area contributed by atoms with Crippen molar-refractivity contribution in [2.24, 2.45) is 0 Å². The molecule has 0 atom stereocenters. The van der Waals surface area contributed by atoms with Crippen LogP contribution < -0.4 is 28.4 Å². The van der Waals surface area contributed by atoms with E-state index in [1.807, 2.05) is 146 Å². The number of aromatic nitrogens is 6. The van der Waals surface area contributed by atoms with Crippen molar-refractivity contribution in [1.82, 2.24) is 29.9 Å². The van der Waals surface area contributed by atoms with Gasteiger partial charge in [0.1, 0.15) is 69.0 Å². The summed E-state index contributed by atoms with van der Waals surface area (Å²) in [6.45, 7) is 17.7. The number of benzene rings is 8. The van der Waals surface area contributed by atoms with E-state index in [1.165, 1.54) is 33.4 Å². The summed E-state index contributed by atoms with van der Waals surface area (Å²) in [6.07, 6.45) is 60.1. The fourth-order valence-corrected chi connectivity index (χ4v) is 11.2. The topological polar surface area (TPSA) is 254 Å². The summed E-state index contributed by atoms with van der Waals surface area (Å²) >= 11 is 0. The quantitative estimate of drug-likeness (QED) is 0.0200. The predicted molar refractivity (Wildman–Crippen MR) is 543 cm³/mol. The van der Waals surface area contributed by atoms with Gasteiger partial charge in [-0.1, -0.05) is 226 Å². The standard InChI is InChI=1S/6C17H19NO.2C6H6O3/c6*1-2-3-14-19-17-8-6-15(7-9-17)4-5-16-10-12-18-13-11-16;2*7-4-1-5(8)3-6(9)2-4/h6*4-13H,2-3,14H2,1H3;2*1-3,7-9H/b6*5-4+;;. The van der Waals surface area contributed by atoms with Crippen LogP contribution in [0.3, 0.4) is 0 Å². The van der Waals surface area contributed by atoms with Crippen LogP contribution >= 0.6 is 0 Å². The number of hydrogen-bond acceptors (Lipinski definition) is 18. The van der Waals surface area contributed by atoms with Crippen LogP contribution in [0.2, 0.25) is 0 Å². The molecule has 0 radical (unpaired) electrons. The molecule has 18 nitrogen and oxygen atoms in total. The summed E-state index contributed by atoms with van der Waals surface area (Å²) in [5.41, 5.74) is 13.9. The third kappa shape index (κ3) is 47.5. The molecule has 0 bridgehead atoms. The lowest BCUT2D eigenvalue weighted by Crippen LogP contribution is -1.95. The van der Waals surface area contributed by atoms with Gasteiger partial charge in [0, 0.05) is 111 Å². The van der Waals surface area contributed by atoms with Gasteiger partial charge in [-0.3, -0.25) is 29.9 Å². The number of pyridine rings is 6. The van der Waals surface area contributed by atoms with Gasteiger partial charge in [0.15, 0.2) is 0 Å². The fraction of sp³-hybridized carbons (Fsp3) is 0.211. The fourth-order valence-electron chi connectivity index (χ4n) is 11.2. The van der Waals surface area contributed by atoms with Gasteiger partial charge in [-0.05, 0) is 251 Å². The zero-order valence-corrected chi connectivity index (χ0v) is 76.6. The van der Waals surface area contributed by atoms with Gasteiger partial charge in [-0.25, -0.2) is 0 Å². The lowest BCUT2D eigenvalue weighted by molar-refractivity contribution is 0.309. The molecule has 0 unspecified atom stereocenters. The van der Waals surface area contributed by atoms with Crippen LogP contribution in [0.4, 0.5) is 0 Å². The van der Waals surface area contributed by atoms with Crippen LogP contribution in [-0.2, 0) is 0 Å². The Hall–Kier alpha value is -15.3. The van der Waals surface area contributed by atoms with Crippen LogP contribution in [0.25, 0.3) is 72.9 Å². The molecule has 0 fully saturated rings. The van der Waals surface area contributed by atoms with Crippen molar-refractivity contribution in [3.05, 3.63) is 396 Å². The molecule has 14 aromatic rings. The molecule has 0 spiro atoms. The minimum absolute atomic E-state index is 0.146. The minimum Gasteiger partial charge on any atom is -0.508 e. The Kier molecular flexibility index (Phi) is 51.3. The molecule has 0 saturated heterocycles. The molecule has 6 aromatic heterocycles. The van der Waals surface area contributed by atoms with Crippen molar-refractivity contribution in [2.75, 3.05) is 39.6 Å². The molecular weight excluding hydrogens is 1650 g/mol. The van der Waals surface area contributed by atoms with E-state index in [2.05, 4.69) is 217 Å². The Balaban J connectivity index is 0.000000208. The third-order valence-corrected chi connectivity index (χ3v) is 18.7. The molecule has 0 amide bonds. The van der Waals surface area contributed by atoms with Crippen LogP contribution in [0.5, 0.6) is 69.0 Å². The van der Waals surface area contributed by atoms with E-state index >= 15 is 0 Å². The summed E-state index contributed by atoms with van der Waals surface area (Å²) in [5, 5.41) is 52.0. The molecule has 0 aliphatic carbocycles. The zero-order valence-electron chi connectivity index (χ0n) is 76.6. The highest BCUT2D eigenvalue weighted by Gasteiger charge is 2.03. The molecule has 6 N–H and O–H groups in total. The van der Waals surface area contributed by atoms with E-state index in [0.717, 1.165) is 221 Å². The number of aromatic hydroxyl groups is 6. The molecule has 0 aliphatic heterocycles. The van der Waals surface area contributed by atoms with Gasteiger partial charge in [-0.15, -0.1) is 0 Å². The summed E-state index contributed by atoms with van der Waals surface area (Å²) < 4.78 is 33.8. The molecule has 18 heteroatoms. The minimum atomic E-state index is -0.146. The van der Waals surface area contributed by atoms with Crippen molar-refractivity contribution in [3.63, 3.8) is 0 Å². The maximum atomic E-state index is 8.67. The molecule has 0 saturated carbocycles. The number of rotatable bonds is 36. The van der Waals surface area contributed by atoms with E-state index in [1.54, 1.807) is 74.4 Å². The van der Waals surface area contributed by atoms with E-state index < -0.39 is 0 Å². The molecule has 132 heavy (non-hydrogen) atoms. The predicted octanol–water partition coefficient (Wildman–Crippen LogP) is 28.2. The average Bonchev–Trinajstić information content (AvgIpc) is 0.900. The van der Waals surface area contributed by atoms with Crippen molar-refractivity contribution >= 4 is 72.9 Å². The molecule has 684 valence electrons. The van der Waals surface area contributed by atoms with Crippen molar-refractivity contribution < 1.29 is 59.1 Å². The second-order valence-electron chi connectivity index (χ2n) is 29.7. The number of phenols is 6. The summed E-state index contributed by atoms with van der Waals surface area (Å²) in [6, 6.07) is 79.7. The first-order chi connectivity index (χ1) is 64.7. The zero-order chi connectivity index (χ0) is 93.7. The van der Waals surface area contributed by atoms with Gasteiger partial charge >= 0.3 is 0 Å². The van der Waals surface area contributed by atoms with Crippen LogP contribution in [0.1, 0.15) is 185 Å². The number of unbranched alkanes of at least 4 members (excludes halogenated alkanes) is 6. The van der Waals surface area contributed by atoms with Gasteiger partial charge in [-0.2, -0.15) is 0 Å². The first-order valence-corrected chi connectivity index (χ1v) is 45.0. The van der Waals surface area contributed by atoms with E-state index in [0.29, 0.717) is 0 Å². The Morgan fingerprint density at radius 2 is 0.273 bits per heavy atom. The third-order valence-electron chi connectivity index (χ3n) is 18.7. The maximum absolute atomic E-state index is 8.67. The maximum Gasteiger partial charge on any atom is 0.122 e. The van der Waals surface area contributed by atoms with E-state index in [9.17, 15) is 0 Å². The number of ether oxygens (including phenoxy) is 6. The molecule has 0 aliphatic rings. The first kappa shape index (κ1) is 104. The largest absolute Gasteiger partial charge is 0.508 e. The highest BCUT2D eigenvalue weighted by atomic mass is 16.5. The van der Waals surface area contributed by atoms with E-state index in [4.69, 9.17) is 59.1 Å².